The fourth-order valence-electron chi connectivity index (χ4n) is 1.53. The number of nitrogens with zero attached hydrogens (tertiary/aromatic N) is 2. The second-order valence-electron chi connectivity index (χ2n) is 4.20. The number of hydrogen-bond donors (Lipinski definition) is 2. The van der Waals surface area contributed by atoms with Gasteiger partial charge in [0.25, 0.3) is 0 Å². The van der Waals surface area contributed by atoms with E-state index in [1.54, 1.807) is 11.8 Å². The highest BCUT2D eigenvalue weighted by Gasteiger charge is 2.00. The quantitative estimate of drug-likeness (QED) is 0.485. The summed E-state index contributed by atoms with van der Waals surface area (Å²) >= 11 is 1.55. The third-order valence-electron chi connectivity index (χ3n) is 2.48. The second kappa shape index (κ2) is 8.35. The third kappa shape index (κ3) is 5.50. The first-order valence-electron chi connectivity index (χ1n) is 6.62. The van der Waals surface area contributed by atoms with Gasteiger partial charge in [-0.05, 0) is 31.2 Å². The molecule has 5 nitrogen and oxygen atoms in total. The summed E-state index contributed by atoms with van der Waals surface area (Å²) in [6, 6.07) is 7.60. The van der Waals surface area contributed by atoms with Gasteiger partial charge in [0, 0.05) is 17.7 Å². The van der Waals surface area contributed by atoms with Gasteiger partial charge in [-0.3, -0.25) is 5.10 Å². The topological polar surface area (TPSA) is 71.0 Å². The molecule has 2 rings (SSSR count). The molecule has 1 aromatic heterocycles. The number of aryl methyl sites for hydroxylation is 1. The van der Waals surface area contributed by atoms with E-state index in [1.807, 2.05) is 31.2 Å². The first-order chi connectivity index (χ1) is 10.3. The molecule has 0 saturated heterocycles. The number of hydrogen-bond acceptors (Lipinski definition) is 5. The van der Waals surface area contributed by atoms with Crippen molar-refractivity contribution in [2.75, 3.05) is 19.0 Å². The van der Waals surface area contributed by atoms with E-state index in [0.29, 0.717) is 13.0 Å². The van der Waals surface area contributed by atoms with E-state index >= 15 is 0 Å². The standard InChI is InChI=1S/C15H17N3O2S/c1-12-16-15(18-17-12)21-11-10-20-14-7-5-13(6-8-14)4-2-3-9-19/h5-8,19H,3,9-11H2,1H3,(H,16,17,18). The van der Waals surface area contributed by atoms with Crippen LogP contribution in [0.15, 0.2) is 29.4 Å². The lowest BCUT2D eigenvalue weighted by atomic mass is 10.2. The van der Waals surface area contributed by atoms with Crippen molar-refractivity contribution in [1.82, 2.24) is 15.2 Å². The van der Waals surface area contributed by atoms with Crippen LogP contribution in [-0.4, -0.2) is 39.3 Å². The minimum atomic E-state index is 0.0935. The molecule has 0 aliphatic rings. The monoisotopic (exact) mass is 303 g/mol. The zero-order valence-electron chi connectivity index (χ0n) is 11.8. The number of thioether (sulfide) groups is 1. The van der Waals surface area contributed by atoms with Gasteiger partial charge in [-0.15, -0.1) is 5.10 Å². The van der Waals surface area contributed by atoms with Gasteiger partial charge in [0.05, 0.1) is 13.2 Å². The Morgan fingerprint density at radius 1 is 1.33 bits per heavy atom. The molecule has 0 fully saturated rings. The van der Waals surface area contributed by atoms with Crippen molar-refractivity contribution < 1.29 is 9.84 Å². The summed E-state index contributed by atoms with van der Waals surface area (Å²) < 4.78 is 5.64. The van der Waals surface area contributed by atoms with Gasteiger partial charge < -0.3 is 9.84 Å². The van der Waals surface area contributed by atoms with Crippen LogP contribution in [0.5, 0.6) is 5.75 Å². The maximum atomic E-state index is 8.66. The van der Waals surface area contributed by atoms with Crippen LogP contribution in [0, 0.1) is 18.8 Å². The molecule has 0 amide bonds. The first-order valence-corrected chi connectivity index (χ1v) is 7.61. The average molecular weight is 303 g/mol. The Labute approximate surface area is 128 Å². The summed E-state index contributed by atoms with van der Waals surface area (Å²) in [5.74, 6) is 8.27. The van der Waals surface area contributed by atoms with Crippen LogP contribution < -0.4 is 4.74 Å². The molecule has 1 aromatic carbocycles. The normalized spacial score (nSPS) is 10.0. The van der Waals surface area contributed by atoms with Crippen LogP contribution >= 0.6 is 11.8 Å². The number of ether oxygens (including phenoxy) is 1. The smallest absolute Gasteiger partial charge is 0.208 e. The lowest BCUT2D eigenvalue weighted by molar-refractivity contribution is 0.305. The molecule has 2 aromatic rings. The highest BCUT2D eigenvalue weighted by Crippen LogP contribution is 2.14. The van der Waals surface area contributed by atoms with Gasteiger partial charge in [-0.1, -0.05) is 23.6 Å². The van der Waals surface area contributed by atoms with Gasteiger partial charge >= 0.3 is 0 Å². The van der Waals surface area contributed by atoms with E-state index in [4.69, 9.17) is 9.84 Å². The molecule has 0 saturated carbocycles. The van der Waals surface area contributed by atoms with Gasteiger partial charge in [-0.25, -0.2) is 4.98 Å². The molecule has 0 spiro atoms. The fraction of sp³-hybridized carbons (Fsp3) is 0.333. The second-order valence-corrected chi connectivity index (χ2v) is 5.26. The Morgan fingerprint density at radius 2 is 2.14 bits per heavy atom. The van der Waals surface area contributed by atoms with Crippen molar-refractivity contribution >= 4 is 11.8 Å². The number of nitrogens with one attached hydrogen (secondary N) is 1. The van der Waals surface area contributed by atoms with Crippen LogP contribution in [-0.2, 0) is 0 Å². The maximum Gasteiger partial charge on any atom is 0.208 e. The molecule has 21 heavy (non-hydrogen) atoms. The van der Waals surface area contributed by atoms with Crippen LogP contribution in [0.1, 0.15) is 17.8 Å². The Hall–Kier alpha value is -1.97. The third-order valence-corrected chi connectivity index (χ3v) is 3.30. The lowest BCUT2D eigenvalue weighted by Gasteiger charge is -2.04. The van der Waals surface area contributed by atoms with E-state index in [1.165, 1.54) is 0 Å². The van der Waals surface area contributed by atoms with E-state index < -0.39 is 0 Å². The summed E-state index contributed by atoms with van der Waals surface area (Å²) in [6.45, 7) is 2.56. The molecular weight excluding hydrogens is 286 g/mol. The Bertz CT molecular complexity index is 614. The summed E-state index contributed by atoms with van der Waals surface area (Å²) in [5.41, 5.74) is 0.918. The lowest BCUT2D eigenvalue weighted by Crippen LogP contribution is -2.00. The van der Waals surface area contributed by atoms with E-state index in [-0.39, 0.29) is 6.61 Å². The van der Waals surface area contributed by atoms with E-state index in [2.05, 4.69) is 27.0 Å². The summed E-state index contributed by atoms with van der Waals surface area (Å²) in [5, 5.41) is 16.2. The molecule has 110 valence electrons. The van der Waals surface area contributed by atoms with Crippen molar-refractivity contribution in [3.05, 3.63) is 35.7 Å². The predicted octanol–water partition coefficient (Wildman–Crippen LogP) is 2.02. The molecule has 2 N–H and O–H groups in total. The van der Waals surface area contributed by atoms with E-state index in [0.717, 1.165) is 28.0 Å². The molecule has 1 heterocycles. The van der Waals surface area contributed by atoms with Crippen molar-refractivity contribution in [1.29, 1.82) is 0 Å². The Kier molecular flexibility index (Phi) is 6.13. The summed E-state index contributed by atoms with van der Waals surface area (Å²) in [7, 11) is 0. The number of rotatable bonds is 6. The first kappa shape index (κ1) is 15.4. The Morgan fingerprint density at radius 3 is 2.81 bits per heavy atom. The number of aromatic amines is 1. The average Bonchev–Trinajstić information content (AvgIpc) is 2.91. The largest absolute Gasteiger partial charge is 0.493 e. The molecule has 6 heteroatoms. The highest BCUT2D eigenvalue weighted by molar-refractivity contribution is 7.99. The molecule has 0 atom stereocenters. The van der Waals surface area contributed by atoms with Gasteiger partial charge in [-0.2, -0.15) is 0 Å². The molecule has 0 unspecified atom stereocenters. The number of benzene rings is 1. The zero-order chi connectivity index (χ0) is 14.9. The fourth-order valence-corrected chi connectivity index (χ4v) is 2.20. The van der Waals surface area contributed by atoms with Crippen LogP contribution in [0.2, 0.25) is 0 Å². The van der Waals surface area contributed by atoms with E-state index in [9.17, 15) is 0 Å². The molecule has 0 bridgehead atoms. The summed E-state index contributed by atoms with van der Waals surface area (Å²) in [6.07, 6.45) is 0.496. The van der Waals surface area contributed by atoms with Crippen LogP contribution in [0.3, 0.4) is 0 Å². The van der Waals surface area contributed by atoms with Gasteiger partial charge in [0.1, 0.15) is 11.6 Å². The van der Waals surface area contributed by atoms with Crippen LogP contribution in [0.4, 0.5) is 0 Å². The predicted molar refractivity (Wildman–Crippen MR) is 82.4 cm³/mol. The maximum absolute atomic E-state index is 8.66. The minimum Gasteiger partial charge on any atom is -0.493 e. The molecular formula is C15H17N3O2S. The van der Waals surface area contributed by atoms with Gasteiger partial charge in [0.15, 0.2) is 0 Å². The van der Waals surface area contributed by atoms with Crippen molar-refractivity contribution in [2.45, 2.75) is 18.5 Å². The molecule has 0 radical (unpaired) electrons. The summed E-state index contributed by atoms with van der Waals surface area (Å²) in [4.78, 5) is 4.21. The molecule has 0 aliphatic carbocycles. The van der Waals surface area contributed by atoms with Gasteiger partial charge in [0.2, 0.25) is 5.16 Å². The molecule has 0 aliphatic heterocycles. The van der Waals surface area contributed by atoms with Crippen LogP contribution in [0.25, 0.3) is 0 Å². The number of aromatic nitrogens is 3. The zero-order valence-corrected chi connectivity index (χ0v) is 12.6. The Balaban J connectivity index is 1.72. The van der Waals surface area contributed by atoms with Crippen molar-refractivity contribution in [2.24, 2.45) is 0 Å². The number of aliphatic hydroxyl groups is 1. The number of aliphatic hydroxyl groups excluding tert-OH is 1. The highest BCUT2D eigenvalue weighted by atomic mass is 32.2. The van der Waals surface area contributed by atoms with Crippen molar-refractivity contribution in [3.8, 4) is 17.6 Å². The van der Waals surface area contributed by atoms with Crippen molar-refractivity contribution in [3.63, 3.8) is 0 Å². The minimum absolute atomic E-state index is 0.0935. The number of H-pyrrole nitrogens is 1. The SMILES string of the molecule is Cc1nc(SCCOc2ccc(C#CCCO)cc2)n[nH]1.